The summed E-state index contributed by atoms with van der Waals surface area (Å²) in [6.07, 6.45) is 3.69. The highest BCUT2D eigenvalue weighted by molar-refractivity contribution is 7.18. The monoisotopic (exact) mass is 430 g/mol. The summed E-state index contributed by atoms with van der Waals surface area (Å²) in [5.41, 5.74) is 1.08. The minimum atomic E-state index is -0.113. The summed E-state index contributed by atoms with van der Waals surface area (Å²) in [4.78, 5) is 33.3. The van der Waals surface area contributed by atoms with Crippen molar-refractivity contribution in [3.8, 4) is 0 Å². The van der Waals surface area contributed by atoms with Crippen molar-refractivity contribution in [1.29, 1.82) is 0 Å². The molecule has 30 heavy (non-hydrogen) atoms. The Bertz CT molecular complexity index is 858. The predicted octanol–water partition coefficient (Wildman–Crippen LogP) is 2.25. The van der Waals surface area contributed by atoms with E-state index in [0.717, 1.165) is 31.4 Å². The Morgan fingerprint density at radius 3 is 2.77 bits per heavy atom. The molecule has 0 saturated carbocycles. The van der Waals surface area contributed by atoms with E-state index in [9.17, 15) is 9.59 Å². The molecule has 0 bridgehead atoms. The second-order valence-electron chi connectivity index (χ2n) is 8.54. The van der Waals surface area contributed by atoms with Crippen LogP contribution in [0.3, 0.4) is 0 Å². The number of piperidine rings is 2. The molecule has 0 radical (unpaired) electrons. The number of ether oxygens (including phenoxy) is 1. The lowest BCUT2D eigenvalue weighted by atomic mass is 9.95. The zero-order valence-electron chi connectivity index (χ0n) is 17.9. The van der Waals surface area contributed by atoms with Gasteiger partial charge >= 0.3 is 5.97 Å². The van der Waals surface area contributed by atoms with Crippen LogP contribution in [-0.2, 0) is 14.3 Å². The Labute approximate surface area is 182 Å². The number of aromatic nitrogens is 1. The molecule has 7 heteroatoms. The highest BCUT2D eigenvalue weighted by Crippen LogP contribution is 2.30. The predicted molar refractivity (Wildman–Crippen MR) is 118 cm³/mol. The Morgan fingerprint density at radius 2 is 2.03 bits per heavy atom. The number of amides is 1. The second kappa shape index (κ2) is 9.43. The van der Waals surface area contributed by atoms with Crippen molar-refractivity contribution in [2.45, 2.75) is 51.5 Å². The quantitative estimate of drug-likeness (QED) is 0.739. The standard InChI is InChI=1S/C23H31N3O3S/c1-3-29-23(28)17-10-13-25(14-11-17)22(27)16(2)26-12-6-7-18(15-26)21-24-19-8-4-5-9-20(19)30-21/h4-5,8-9,16-18H,3,6-7,10-15H2,1-2H3/p+1/t16-,18-/m0/s1. The van der Waals surface area contributed by atoms with Gasteiger partial charge in [-0.1, -0.05) is 12.1 Å². The molecule has 3 atom stereocenters. The lowest BCUT2D eigenvalue weighted by Crippen LogP contribution is -3.17. The van der Waals surface area contributed by atoms with E-state index in [2.05, 4.69) is 25.1 Å². The van der Waals surface area contributed by atoms with Crippen LogP contribution in [0.5, 0.6) is 0 Å². The highest BCUT2D eigenvalue weighted by Gasteiger charge is 2.37. The van der Waals surface area contributed by atoms with E-state index in [-0.39, 0.29) is 23.8 Å². The first-order valence-electron chi connectivity index (χ1n) is 11.2. The minimum Gasteiger partial charge on any atom is -0.466 e. The number of thiazole rings is 1. The molecule has 2 aliphatic heterocycles. The molecule has 162 valence electrons. The average molecular weight is 431 g/mol. The molecule has 1 unspecified atom stereocenters. The van der Waals surface area contributed by atoms with E-state index in [1.807, 2.05) is 17.9 Å². The van der Waals surface area contributed by atoms with E-state index in [1.54, 1.807) is 11.3 Å². The Kier molecular flexibility index (Phi) is 6.68. The molecule has 1 amide bonds. The number of nitrogens with zero attached hydrogens (tertiary/aromatic N) is 2. The number of hydrogen-bond acceptors (Lipinski definition) is 5. The van der Waals surface area contributed by atoms with Crippen LogP contribution in [0.15, 0.2) is 24.3 Å². The van der Waals surface area contributed by atoms with Gasteiger partial charge in [-0.05, 0) is 51.7 Å². The van der Waals surface area contributed by atoms with Crippen LogP contribution in [0.4, 0.5) is 0 Å². The SMILES string of the molecule is CCOC(=O)C1CCN(C(=O)[C@H](C)[NH+]2CCC[C@H](c3nc4ccccc4s3)C2)CC1. The molecular formula is C23H32N3O3S+. The van der Waals surface area contributed by atoms with Crippen molar-refractivity contribution in [3.05, 3.63) is 29.3 Å². The van der Waals surface area contributed by atoms with Crippen molar-refractivity contribution < 1.29 is 19.2 Å². The summed E-state index contributed by atoms with van der Waals surface area (Å²) in [7, 11) is 0. The molecule has 2 aromatic rings. The third kappa shape index (κ3) is 4.52. The number of likely N-dealkylation sites (tertiary alicyclic amines) is 2. The molecule has 6 nitrogen and oxygen atoms in total. The summed E-state index contributed by atoms with van der Waals surface area (Å²) < 4.78 is 6.39. The van der Waals surface area contributed by atoms with Gasteiger partial charge in [-0.2, -0.15) is 0 Å². The smallest absolute Gasteiger partial charge is 0.309 e. The summed E-state index contributed by atoms with van der Waals surface area (Å²) in [6, 6.07) is 8.26. The first kappa shape index (κ1) is 21.2. The van der Waals surface area contributed by atoms with Gasteiger partial charge in [0.15, 0.2) is 6.04 Å². The third-order valence-corrected chi connectivity index (χ3v) is 7.83. The Morgan fingerprint density at radius 1 is 1.27 bits per heavy atom. The number of carbonyl (C=O) groups is 2. The molecule has 3 heterocycles. The van der Waals surface area contributed by atoms with Crippen LogP contribution >= 0.6 is 11.3 Å². The first-order chi connectivity index (χ1) is 14.6. The maximum Gasteiger partial charge on any atom is 0.309 e. The number of fused-ring (bicyclic) bond motifs is 1. The number of esters is 1. The van der Waals surface area contributed by atoms with Gasteiger partial charge in [-0.3, -0.25) is 9.59 Å². The maximum atomic E-state index is 13.2. The van der Waals surface area contributed by atoms with Gasteiger partial charge < -0.3 is 14.5 Å². The number of nitrogens with one attached hydrogen (secondary N) is 1. The number of benzene rings is 1. The van der Waals surface area contributed by atoms with Gasteiger partial charge in [-0.25, -0.2) is 4.98 Å². The van der Waals surface area contributed by atoms with Crippen LogP contribution in [0, 0.1) is 5.92 Å². The summed E-state index contributed by atoms with van der Waals surface area (Å²) in [6.45, 7) is 7.63. The Hall–Kier alpha value is -1.99. The van der Waals surface area contributed by atoms with Crippen LogP contribution in [0.1, 0.15) is 50.5 Å². The van der Waals surface area contributed by atoms with Crippen molar-refractivity contribution >= 4 is 33.4 Å². The molecule has 4 rings (SSSR count). The molecule has 2 fully saturated rings. The summed E-state index contributed by atoms with van der Waals surface area (Å²) in [5, 5.41) is 1.21. The van der Waals surface area contributed by atoms with Crippen LogP contribution in [-0.4, -0.2) is 60.6 Å². The zero-order valence-corrected chi connectivity index (χ0v) is 18.7. The lowest BCUT2D eigenvalue weighted by molar-refractivity contribution is -0.920. The summed E-state index contributed by atoms with van der Waals surface area (Å²) in [5.74, 6) is 0.473. The number of quaternary nitrogens is 1. The Balaban J connectivity index is 1.35. The van der Waals surface area contributed by atoms with Gasteiger partial charge in [0.25, 0.3) is 5.91 Å². The normalized spacial score (nSPS) is 24.0. The lowest BCUT2D eigenvalue weighted by Gasteiger charge is -2.37. The van der Waals surface area contributed by atoms with E-state index in [0.29, 0.717) is 38.5 Å². The van der Waals surface area contributed by atoms with E-state index < -0.39 is 0 Å². The fourth-order valence-electron chi connectivity index (χ4n) is 4.81. The molecule has 2 saturated heterocycles. The molecular weight excluding hydrogens is 398 g/mol. The van der Waals surface area contributed by atoms with Gasteiger partial charge in [0.2, 0.25) is 0 Å². The molecule has 0 spiro atoms. The fraction of sp³-hybridized carbons (Fsp3) is 0.609. The minimum absolute atomic E-state index is 0.0543. The van der Waals surface area contributed by atoms with Crippen molar-refractivity contribution in [1.82, 2.24) is 9.88 Å². The first-order valence-corrected chi connectivity index (χ1v) is 12.0. The number of carbonyl (C=O) groups excluding carboxylic acids is 2. The van der Waals surface area contributed by atoms with Gasteiger partial charge in [-0.15, -0.1) is 11.3 Å². The van der Waals surface area contributed by atoms with Crippen molar-refractivity contribution in [2.24, 2.45) is 5.92 Å². The van der Waals surface area contributed by atoms with Gasteiger partial charge in [0, 0.05) is 13.1 Å². The topological polar surface area (TPSA) is 63.9 Å². The van der Waals surface area contributed by atoms with Crippen LogP contribution in [0.2, 0.25) is 0 Å². The number of rotatable bonds is 5. The van der Waals surface area contributed by atoms with E-state index in [1.165, 1.54) is 14.6 Å². The van der Waals surface area contributed by atoms with Crippen molar-refractivity contribution in [3.63, 3.8) is 0 Å². The largest absolute Gasteiger partial charge is 0.466 e. The van der Waals surface area contributed by atoms with E-state index in [4.69, 9.17) is 9.72 Å². The maximum absolute atomic E-state index is 13.2. The number of hydrogen-bond donors (Lipinski definition) is 1. The molecule has 1 aromatic carbocycles. The highest BCUT2D eigenvalue weighted by atomic mass is 32.1. The third-order valence-electron chi connectivity index (χ3n) is 6.63. The molecule has 1 aromatic heterocycles. The molecule has 0 aliphatic carbocycles. The van der Waals surface area contributed by atoms with Crippen LogP contribution in [0.25, 0.3) is 10.2 Å². The molecule has 1 N–H and O–H groups in total. The van der Waals surface area contributed by atoms with Crippen molar-refractivity contribution in [2.75, 3.05) is 32.8 Å². The summed E-state index contributed by atoms with van der Waals surface area (Å²) >= 11 is 1.80. The van der Waals surface area contributed by atoms with Crippen LogP contribution < -0.4 is 4.90 Å². The van der Waals surface area contributed by atoms with Gasteiger partial charge in [0.05, 0.1) is 41.7 Å². The van der Waals surface area contributed by atoms with Gasteiger partial charge in [0.1, 0.15) is 5.01 Å². The zero-order chi connectivity index (χ0) is 21.1. The number of para-hydroxylation sites is 1. The fourth-order valence-corrected chi connectivity index (χ4v) is 5.91. The second-order valence-corrected chi connectivity index (χ2v) is 9.61. The van der Waals surface area contributed by atoms with E-state index >= 15 is 0 Å². The average Bonchev–Trinajstić information content (AvgIpc) is 3.23. The molecule has 2 aliphatic rings.